The van der Waals surface area contributed by atoms with Gasteiger partial charge in [0.05, 0.1) is 19.6 Å². The molecule has 0 radical (unpaired) electrons. The molecule has 0 fully saturated rings. The fourth-order valence-electron chi connectivity index (χ4n) is 2.93. The minimum Gasteiger partial charge on any atom is -0.496 e. The molecule has 122 valence electrons. The van der Waals surface area contributed by atoms with Crippen LogP contribution in [0.2, 0.25) is 0 Å². The van der Waals surface area contributed by atoms with Crippen molar-refractivity contribution in [2.75, 3.05) is 7.11 Å². The molecule has 0 heterocycles. The van der Waals surface area contributed by atoms with Crippen molar-refractivity contribution in [2.45, 2.75) is 19.4 Å². The maximum absolute atomic E-state index is 12.4. The van der Waals surface area contributed by atoms with Crippen LogP contribution in [-0.4, -0.2) is 13.0 Å². The summed E-state index contributed by atoms with van der Waals surface area (Å²) in [6.07, 6.45) is 0.365. The van der Waals surface area contributed by atoms with E-state index >= 15 is 0 Å². The van der Waals surface area contributed by atoms with Gasteiger partial charge in [0.25, 0.3) is 0 Å². The Kier molecular flexibility index (Phi) is 4.80. The van der Waals surface area contributed by atoms with Gasteiger partial charge in [-0.2, -0.15) is 0 Å². The van der Waals surface area contributed by atoms with Crippen LogP contribution in [0.4, 0.5) is 0 Å². The highest BCUT2D eigenvalue weighted by Gasteiger charge is 2.14. The lowest BCUT2D eigenvalue weighted by molar-refractivity contribution is -0.121. The molecule has 3 nitrogen and oxygen atoms in total. The third-order valence-corrected chi connectivity index (χ3v) is 4.16. The summed E-state index contributed by atoms with van der Waals surface area (Å²) in [4.78, 5) is 12.4. The zero-order valence-corrected chi connectivity index (χ0v) is 14.0. The fraction of sp³-hybridized carbons (Fsp3) is 0.190. The molecule has 3 aromatic carbocycles. The number of carbonyl (C=O) groups is 1. The number of rotatable bonds is 5. The van der Waals surface area contributed by atoms with Gasteiger partial charge in [0.15, 0.2) is 0 Å². The van der Waals surface area contributed by atoms with Crippen LogP contribution in [0.5, 0.6) is 5.75 Å². The highest BCUT2D eigenvalue weighted by Crippen LogP contribution is 2.24. The van der Waals surface area contributed by atoms with Gasteiger partial charge in [-0.1, -0.05) is 60.7 Å². The van der Waals surface area contributed by atoms with Gasteiger partial charge in [-0.3, -0.25) is 4.79 Å². The van der Waals surface area contributed by atoms with E-state index in [-0.39, 0.29) is 11.9 Å². The van der Waals surface area contributed by atoms with Gasteiger partial charge < -0.3 is 10.1 Å². The van der Waals surface area contributed by atoms with Crippen molar-refractivity contribution in [2.24, 2.45) is 0 Å². The summed E-state index contributed by atoms with van der Waals surface area (Å²) in [6.45, 7) is 1.97. The molecular formula is C21H21NO2. The van der Waals surface area contributed by atoms with E-state index in [4.69, 9.17) is 4.74 Å². The fourth-order valence-corrected chi connectivity index (χ4v) is 2.93. The summed E-state index contributed by atoms with van der Waals surface area (Å²) in [5.41, 5.74) is 1.99. The highest BCUT2D eigenvalue weighted by molar-refractivity contribution is 5.85. The molecular weight excluding hydrogens is 298 g/mol. The lowest BCUT2D eigenvalue weighted by atomic mass is 10.0. The highest BCUT2D eigenvalue weighted by atomic mass is 16.5. The number of nitrogens with one attached hydrogen (secondary N) is 1. The molecule has 0 aliphatic rings. The molecule has 3 heteroatoms. The molecule has 3 aromatic rings. The Balaban J connectivity index is 1.70. The van der Waals surface area contributed by atoms with Crippen molar-refractivity contribution < 1.29 is 9.53 Å². The summed E-state index contributed by atoms with van der Waals surface area (Å²) >= 11 is 0. The first-order valence-corrected chi connectivity index (χ1v) is 8.07. The topological polar surface area (TPSA) is 38.3 Å². The van der Waals surface area contributed by atoms with Crippen LogP contribution in [0.25, 0.3) is 10.8 Å². The van der Waals surface area contributed by atoms with Crippen LogP contribution in [0.15, 0.2) is 66.7 Å². The molecule has 3 rings (SSSR count). The zero-order valence-electron chi connectivity index (χ0n) is 14.0. The molecule has 1 atom stereocenters. The van der Waals surface area contributed by atoms with Crippen molar-refractivity contribution in [3.05, 3.63) is 77.9 Å². The number of methoxy groups -OCH3 is 1. The second kappa shape index (κ2) is 7.18. The number of hydrogen-bond donors (Lipinski definition) is 1. The number of hydrogen-bond acceptors (Lipinski definition) is 2. The first-order valence-electron chi connectivity index (χ1n) is 8.07. The van der Waals surface area contributed by atoms with Crippen LogP contribution >= 0.6 is 0 Å². The van der Waals surface area contributed by atoms with Crippen molar-refractivity contribution in [1.82, 2.24) is 5.32 Å². The molecule has 0 aliphatic heterocycles. The van der Waals surface area contributed by atoms with Crippen LogP contribution in [0.3, 0.4) is 0 Å². The Bertz CT molecular complexity index is 857. The second-order valence-electron chi connectivity index (χ2n) is 5.89. The minimum absolute atomic E-state index is 0.00341. The van der Waals surface area contributed by atoms with Gasteiger partial charge >= 0.3 is 0 Å². The van der Waals surface area contributed by atoms with Gasteiger partial charge in [-0.25, -0.2) is 0 Å². The quantitative estimate of drug-likeness (QED) is 0.763. The summed E-state index contributed by atoms with van der Waals surface area (Å²) in [5, 5.41) is 5.39. The molecule has 0 saturated heterocycles. The Morgan fingerprint density at radius 1 is 1.00 bits per heavy atom. The van der Waals surface area contributed by atoms with Crippen LogP contribution in [-0.2, 0) is 11.2 Å². The average Bonchev–Trinajstić information content (AvgIpc) is 2.61. The number of para-hydroxylation sites is 1. The third kappa shape index (κ3) is 3.57. The summed E-state index contributed by atoms with van der Waals surface area (Å²) < 4.78 is 5.36. The van der Waals surface area contributed by atoms with Crippen molar-refractivity contribution in [1.29, 1.82) is 0 Å². The standard InChI is InChI=1S/C21H21NO2/c1-15(19-9-5-6-10-20(19)24-2)22-21(23)14-16-11-12-17-7-3-4-8-18(17)13-16/h3-13,15H,14H2,1-2H3,(H,22,23). The Hall–Kier alpha value is -2.81. The predicted octanol–water partition coefficient (Wildman–Crippen LogP) is 4.27. The molecule has 1 amide bonds. The molecule has 0 aliphatic carbocycles. The van der Waals surface area contributed by atoms with Crippen LogP contribution in [0, 0.1) is 0 Å². The molecule has 24 heavy (non-hydrogen) atoms. The van der Waals surface area contributed by atoms with Crippen LogP contribution < -0.4 is 10.1 Å². The van der Waals surface area contributed by atoms with Gasteiger partial charge in [-0.15, -0.1) is 0 Å². The van der Waals surface area contributed by atoms with Crippen molar-refractivity contribution in [3.63, 3.8) is 0 Å². The monoisotopic (exact) mass is 319 g/mol. The number of fused-ring (bicyclic) bond motifs is 1. The first-order chi connectivity index (χ1) is 11.7. The number of benzene rings is 3. The van der Waals surface area contributed by atoms with Gasteiger partial charge in [0.2, 0.25) is 5.91 Å². The maximum Gasteiger partial charge on any atom is 0.224 e. The molecule has 0 bridgehead atoms. The normalized spacial score (nSPS) is 11.9. The van der Waals surface area contributed by atoms with E-state index in [0.29, 0.717) is 6.42 Å². The van der Waals surface area contributed by atoms with E-state index in [2.05, 4.69) is 29.6 Å². The van der Waals surface area contributed by atoms with E-state index in [1.807, 2.05) is 49.4 Å². The Morgan fingerprint density at radius 2 is 1.71 bits per heavy atom. The molecule has 1 unspecified atom stereocenters. The van der Waals surface area contributed by atoms with Gasteiger partial charge in [0, 0.05) is 5.56 Å². The van der Waals surface area contributed by atoms with E-state index in [1.165, 1.54) is 5.39 Å². The van der Waals surface area contributed by atoms with E-state index in [9.17, 15) is 4.79 Å². The van der Waals surface area contributed by atoms with Gasteiger partial charge in [-0.05, 0) is 29.3 Å². The number of amides is 1. The maximum atomic E-state index is 12.4. The van der Waals surface area contributed by atoms with E-state index < -0.39 is 0 Å². The van der Waals surface area contributed by atoms with Crippen molar-refractivity contribution >= 4 is 16.7 Å². The Labute approximate surface area is 142 Å². The largest absolute Gasteiger partial charge is 0.496 e. The van der Waals surface area contributed by atoms with Gasteiger partial charge in [0.1, 0.15) is 5.75 Å². The third-order valence-electron chi connectivity index (χ3n) is 4.16. The molecule has 0 aromatic heterocycles. The predicted molar refractivity (Wildman–Crippen MR) is 97.2 cm³/mol. The molecule has 1 N–H and O–H groups in total. The van der Waals surface area contributed by atoms with Crippen molar-refractivity contribution in [3.8, 4) is 5.75 Å². The van der Waals surface area contributed by atoms with E-state index in [0.717, 1.165) is 22.3 Å². The summed E-state index contributed by atoms with van der Waals surface area (Å²) in [6, 6.07) is 21.9. The lowest BCUT2D eigenvalue weighted by Crippen LogP contribution is -2.28. The summed E-state index contributed by atoms with van der Waals surface area (Å²) in [7, 11) is 1.64. The number of ether oxygens (including phenoxy) is 1. The Morgan fingerprint density at radius 3 is 2.50 bits per heavy atom. The average molecular weight is 319 g/mol. The van der Waals surface area contributed by atoms with Crippen LogP contribution in [0.1, 0.15) is 24.1 Å². The molecule has 0 saturated carbocycles. The van der Waals surface area contributed by atoms with E-state index in [1.54, 1.807) is 7.11 Å². The zero-order chi connectivity index (χ0) is 16.9. The molecule has 0 spiro atoms. The lowest BCUT2D eigenvalue weighted by Gasteiger charge is -2.17. The SMILES string of the molecule is COc1ccccc1C(C)NC(=O)Cc1ccc2ccccc2c1. The second-order valence-corrected chi connectivity index (χ2v) is 5.89. The smallest absolute Gasteiger partial charge is 0.224 e. The number of carbonyl (C=O) groups excluding carboxylic acids is 1. The summed E-state index contributed by atoms with van der Waals surface area (Å²) in [5.74, 6) is 0.791. The first kappa shape index (κ1) is 16.1. The minimum atomic E-state index is -0.103.